The Balaban J connectivity index is 2.23. The van der Waals surface area contributed by atoms with Gasteiger partial charge in [0.05, 0.1) is 23.9 Å². The molecular weight excluding hydrogens is 350 g/mol. The second kappa shape index (κ2) is 8.47. The number of benzene rings is 1. The second-order valence-electron chi connectivity index (χ2n) is 7.20. The van der Waals surface area contributed by atoms with Crippen molar-refractivity contribution >= 4 is 23.2 Å². The van der Waals surface area contributed by atoms with E-state index in [9.17, 15) is 14.7 Å². The van der Waals surface area contributed by atoms with Crippen molar-refractivity contribution in [3.8, 4) is 0 Å². The van der Waals surface area contributed by atoms with Gasteiger partial charge in [-0.15, -0.1) is 11.3 Å². The molecule has 1 aromatic carbocycles. The maximum atomic E-state index is 12.6. The number of carboxylic acid groups (broad SMARTS) is 1. The summed E-state index contributed by atoms with van der Waals surface area (Å²) in [6.07, 6.45) is -0.175. The average molecular weight is 375 g/mol. The Hall–Kier alpha value is -2.18. The van der Waals surface area contributed by atoms with E-state index in [1.54, 1.807) is 7.11 Å². The van der Waals surface area contributed by atoms with E-state index in [0.29, 0.717) is 11.5 Å². The van der Waals surface area contributed by atoms with Crippen LogP contribution in [-0.2, 0) is 21.6 Å². The summed E-state index contributed by atoms with van der Waals surface area (Å²) < 4.78 is 5.11. The van der Waals surface area contributed by atoms with Gasteiger partial charge < -0.3 is 15.2 Å². The molecule has 1 amide bonds. The lowest BCUT2D eigenvalue weighted by Gasteiger charge is -2.22. The molecule has 0 fully saturated rings. The van der Waals surface area contributed by atoms with Gasteiger partial charge in [0.15, 0.2) is 0 Å². The van der Waals surface area contributed by atoms with Crippen LogP contribution < -0.4 is 5.32 Å². The molecule has 0 saturated heterocycles. The van der Waals surface area contributed by atoms with Crippen molar-refractivity contribution in [1.82, 2.24) is 5.32 Å². The van der Waals surface area contributed by atoms with Gasteiger partial charge in [0.2, 0.25) is 0 Å². The second-order valence-corrected chi connectivity index (χ2v) is 8.12. The van der Waals surface area contributed by atoms with Crippen LogP contribution in [0.4, 0.5) is 0 Å². The number of carboxylic acids is 1. The van der Waals surface area contributed by atoms with Gasteiger partial charge in [-0.3, -0.25) is 9.59 Å². The van der Waals surface area contributed by atoms with Crippen molar-refractivity contribution in [2.75, 3.05) is 7.11 Å². The van der Waals surface area contributed by atoms with Crippen LogP contribution in [0.1, 0.15) is 59.6 Å². The first-order chi connectivity index (χ1) is 12.2. The van der Waals surface area contributed by atoms with Crippen LogP contribution in [0.15, 0.2) is 35.7 Å². The van der Waals surface area contributed by atoms with E-state index in [4.69, 9.17) is 4.74 Å². The van der Waals surface area contributed by atoms with Gasteiger partial charge in [-0.2, -0.15) is 0 Å². The summed E-state index contributed by atoms with van der Waals surface area (Å²) in [6.45, 7) is 6.70. The van der Waals surface area contributed by atoms with Crippen molar-refractivity contribution < 1.29 is 19.4 Å². The minimum absolute atomic E-state index is 0.0100. The number of amides is 1. The van der Waals surface area contributed by atoms with Crippen LogP contribution in [0.2, 0.25) is 0 Å². The fourth-order valence-electron chi connectivity index (χ4n) is 2.67. The minimum atomic E-state index is -0.960. The average Bonchev–Trinajstić information content (AvgIpc) is 3.02. The van der Waals surface area contributed by atoms with Gasteiger partial charge in [-0.25, -0.2) is 0 Å². The van der Waals surface area contributed by atoms with Crippen LogP contribution in [-0.4, -0.2) is 24.1 Å². The molecule has 2 aromatic rings. The highest BCUT2D eigenvalue weighted by Crippen LogP contribution is 2.26. The number of rotatable bonds is 7. The zero-order chi connectivity index (χ0) is 19.3. The number of carbonyl (C=O) groups is 2. The van der Waals surface area contributed by atoms with E-state index >= 15 is 0 Å². The fraction of sp³-hybridized carbons (Fsp3) is 0.400. The summed E-state index contributed by atoms with van der Waals surface area (Å²) in [4.78, 5) is 24.5. The number of hydrogen-bond donors (Lipinski definition) is 2. The molecule has 0 aliphatic rings. The third-order valence-electron chi connectivity index (χ3n) is 4.12. The van der Waals surface area contributed by atoms with Crippen LogP contribution in [0.25, 0.3) is 0 Å². The van der Waals surface area contributed by atoms with Crippen LogP contribution in [0, 0.1) is 0 Å². The summed E-state index contributed by atoms with van der Waals surface area (Å²) >= 11 is 1.32. The molecule has 0 aliphatic carbocycles. The van der Waals surface area contributed by atoms with Crippen molar-refractivity contribution in [3.63, 3.8) is 0 Å². The number of ether oxygens (including phenoxy) is 1. The standard InChI is InChI=1S/C20H25NO4S/c1-20(2,3)15-7-5-13(6-8-15)16(11-17(22)23)21-19(24)18-14(12-25-4)9-10-26-18/h5-10,16H,11-12H2,1-4H3,(H,21,24)(H,22,23). The lowest BCUT2D eigenvalue weighted by atomic mass is 9.86. The Morgan fingerprint density at radius 1 is 1.19 bits per heavy atom. The first kappa shape index (κ1) is 20.1. The normalized spacial score (nSPS) is 12.6. The molecule has 2 rings (SSSR count). The molecule has 1 atom stereocenters. The van der Waals surface area contributed by atoms with Gasteiger partial charge >= 0.3 is 5.97 Å². The van der Waals surface area contributed by atoms with E-state index < -0.39 is 12.0 Å². The third kappa shape index (κ3) is 5.16. The quantitative estimate of drug-likeness (QED) is 0.763. The molecule has 2 N–H and O–H groups in total. The minimum Gasteiger partial charge on any atom is -0.481 e. The summed E-state index contributed by atoms with van der Waals surface area (Å²) in [5.74, 6) is -1.24. The summed E-state index contributed by atoms with van der Waals surface area (Å²) in [5, 5.41) is 13.9. The van der Waals surface area contributed by atoms with Gasteiger partial charge in [0.1, 0.15) is 0 Å². The highest BCUT2D eigenvalue weighted by molar-refractivity contribution is 7.12. The first-order valence-corrected chi connectivity index (χ1v) is 9.28. The lowest BCUT2D eigenvalue weighted by Crippen LogP contribution is -2.30. The van der Waals surface area contributed by atoms with E-state index in [1.165, 1.54) is 11.3 Å². The fourth-order valence-corrected chi connectivity index (χ4v) is 3.48. The molecule has 1 aromatic heterocycles. The number of methoxy groups -OCH3 is 1. The molecular formula is C20H25NO4S. The smallest absolute Gasteiger partial charge is 0.305 e. The Bertz CT molecular complexity index is 759. The SMILES string of the molecule is COCc1ccsc1C(=O)NC(CC(=O)O)c1ccc(C(C)(C)C)cc1. The third-order valence-corrected chi connectivity index (χ3v) is 5.07. The maximum absolute atomic E-state index is 12.6. The molecule has 1 unspecified atom stereocenters. The molecule has 26 heavy (non-hydrogen) atoms. The summed E-state index contributed by atoms with van der Waals surface area (Å²) in [7, 11) is 1.57. The summed E-state index contributed by atoms with van der Waals surface area (Å²) in [6, 6.07) is 8.99. The molecule has 0 radical (unpaired) electrons. The number of carbonyl (C=O) groups excluding carboxylic acids is 1. The number of nitrogens with one attached hydrogen (secondary N) is 1. The first-order valence-electron chi connectivity index (χ1n) is 8.40. The zero-order valence-electron chi connectivity index (χ0n) is 15.5. The highest BCUT2D eigenvalue weighted by atomic mass is 32.1. The number of aliphatic carboxylic acids is 1. The zero-order valence-corrected chi connectivity index (χ0v) is 16.4. The Morgan fingerprint density at radius 2 is 1.85 bits per heavy atom. The maximum Gasteiger partial charge on any atom is 0.305 e. The molecule has 0 bridgehead atoms. The van der Waals surface area contributed by atoms with E-state index in [1.807, 2.05) is 35.7 Å². The predicted molar refractivity (Wildman–Crippen MR) is 103 cm³/mol. The Kier molecular flexibility index (Phi) is 6.56. The largest absolute Gasteiger partial charge is 0.481 e. The van der Waals surface area contributed by atoms with E-state index in [0.717, 1.165) is 16.7 Å². The molecule has 0 saturated carbocycles. The van der Waals surface area contributed by atoms with Crippen molar-refractivity contribution in [2.24, 2.45) is 0 Å². The molecule has 1 heterocycles. The Morgan fingerprint density at radius 3 is 2.38 bits per heavy atom. The topological polar surface area (TPSA) is 75.6 Å². The highest BCUT2D eigenvalue weighted by Gasteiger charge is 2.22. The summed E-state index contributed by atoms with van der Waals surface area (Å²) in [5.41, 5.74) is 2.74. The monoisotopic (exact) mass is 375 g/mol. The lowest BCUT2D eigenvalue weighted by molar-refractivity contribution is -0.137. The Labute approximate surface area is 158 Å². The van der Waals surface area contributed by atoms with Crippen LogP contribution in [0.3, 0.4) is 0 Å². The molecule has 6 heteroatoms. The van der Waals surface area contributed by atoms with Gasteiger partial charge in [0, 0.05) is 12.7 Å². The van der Waals surface area contributed by atoms with E-state index in [-0.39, 0.29) is 17.7 Å². The van der Waals surface area contributed by atoms with Gasteiger partial charge in [-0.05, 0) is 28.0 Å². The predicted octanol–water partition coefficient (Wildman–Crippen LogP) is 4.14. The molecule has 0 aliphatic heterocycles. The molecule has 5 nitrogen and oxygen atoms in total. The van der Waals surface area contributed by atoms with Crippen LogP contribution in [0.5, 0.6) is 0 Å². The van der Waals surface area contributed by atoms with Gasteiger partial charge in [0.25, 0.3) is 5.91 Å². The van der Waals surface area contributed by atoms with Crippen molar-refractivity contribution in [3.05, 3.63) is 57.3 Å². The van der Waals surface area contributed by atoms with Gasteiger partial charge in [-0.1, -0.05) is 45.0 Å². The molecule has 0 spiro atoms. The number of hydrogen-bond acceptors (Lipinski definition) is 4. The van der Waals surface area contributed by atoms with Crippen molar-refractivity contribution in [1.29, 1.82) is 0 Å². The van der Waals surface area contributed by atoms with Crippen LogP contribution >= 0.6 is 11.3 Å². The molecule has 140 valence electrons. The van der Waals surface area contributed by atoms with E-state index in [2.05, 4.69) is 26.1 Å². The number of thiophene rings is 1. The van der Waals surface area contributed by atoms with Crippen molar-refractivity contribution in [2.45, 2.75) is 45.3 Å².